The molecule has 1 aliphatic heterocycles. The lowest BCUT2D eigenvalue weighted by atomic mass is 10.2. The minimum absolute atomic E-state index is 0.0581. The number of hydrogen-bond donors (Lipinski definition) is 0. The number of aromatic carboxylic acids is 1. The van der Waals surface area contributed by atoms with E-state index in [1.54, 1.807) is 19.2 Å². The van der Waals surface area contributed by atoms with Gasteiger partial charge in [-0.3, -0.25) is 4.31 Å². The Morgan fingerprint density at radius 2 is 1.84 bits per heavy atom. The summed E-state index contributed by atoms with van der Waals surface area (Å²) in [6.07, 6.45) is 0.624. The van der Waals surface area contributed by atoms with Crippen molar-refractivity contribution in [2.75, 3.05) is 18.0 Å². The molecule has 0 atom stereocenters. The van der Waals surface area contributed by atoms with Gasteiger partial charge in [-0.1, -0.05) is 30.3 Å². The second-order valence-electron chi connectivity index (χ2n) is 7.04. The molecule has 0 unspecified atom stereocenters. The zero-order valence-corrected chi connectivity index (χ0v) is 18.4. The fourth-order valence-electron chi connectivity index (χ4n) is 3.52. The highest BCUT2D eigenvalue weighted by Crippen LogP contribution is 2.34. The number of carbonyl (C=O) groups excluding carboxylic acids is 1. The lowest BCUT2D eigenvalue weighted by Gasteiger charge is -2.21. The summed E-state index contributed by atoms with van der Waals surface area (Å²) in [6.45, 7) is 0.330. The van der Waals surface area contributed by atoms with Crippen LogP contribution in [0.15, 0.2) is 76.5 Å². The third-order valence-corrected chi connectivity index (χ3v) is 8.11. The van der Waals surface area contributed by atoms with E-state index in [1.807, 2.05) is 36.4 Å². The molecule has 6 nitrogen and oxygen atoms in total. The van der Waals surface area contributed by atoms with Crippen LogP contribution in [0.4, 0.5) is 5.69 Å². The molecule has 160 valence electrons. The summed E-state index contributed by atoms with van der Waals surface area (Å²) in [5.74, 6) is -0.145. The monoisotopic (exact) mass is 454 g/mol. The Kier molecular flexibility index (Phi) is 5.93. The number of para-hydroxylation sites is 1. The number of carboxylic acid groups (broad SMARTS) is 1. The number of sulfonamides is 1. The Labute approximate surface area is 185 Å². The van der Waals surface area contributed by atoms with Crippen molar-refractivity contribution in [3.8, 4) is 5.75 Å². The molecule has 0 aromatic heterocycles. The minimum atomic E-state index is -3.88. The molecular weight excluding hydrogens is 434 g/mol. The van der Waals surface area contributed by atoms with Crippen LogP contribution in [0.1, 0.15) is 21.5 Å². The third kappa shape index (κ3) is 4.26. The first kappa shape index (κ1) is 21.3. The fourth-order valence-corrected chi connectivity index (χ4v) is 6.03. The first-order chi connectivity index (χ1) is 14.9. The van der Waals surface area contributed by atoms with E-state index < -0.39 is 16.0 Å². The minimum Gasteiger partial charge on any atom is -0.545 e. The molecule has 3 aromatic rings. The molecule has 8 heteroatoms. The van der Waals surface area contributed by atoms with Crippen LogP contribution in [-0.2, 0) is 22.2 Å². The van der Waals surface area contributed by atoms with E-state index in [4.69, 9.17) is 4.74 Å². The topological polar surface area (TPSA) is 86.7 Å². The Hall–Kier alpha value is -2.97. The number of nitrogens with zero attached hydrogens (tertiary/aromatic N) is 1. The van der Waals surface area contributed by atoms with E-state index in [0.29, 0.717) is 29.3 Å². The number of carboxylic acids is 1. The molecule has 1 heterocycles. The molecule has 0 fully saturated rings. The van der Waals surface area contributed by atoms with Gasteiger partial charge in [-0.15, -0.1) is 11.8 Å². The Balaban J connectivity index is 1.60. The van der Waals surface area contributed by atoms with E-state index in [1.165, 1.54) is 34.3 Å². The summed E-state index contributed by atoms with van der Waals surface area (Å²) in [6, 6.07) is 19.0. The lowest BCUT2D eigenvalue weighted by Crippen LogP contribution is -2.30. The molecule has 0 aliphatic carbocycles. The van der Waals surface area contributed by atoms with Gasteiger partial charge in [0.1, 0.15) is 5.75 Å². The van der Waals surface area contributed by atoms with Crippen LogP contribution in [0.5, 0.6) is 5.75 Å². The van der Waals surface area contributed by atoms with Crippen LogP contribution in [0, 0.1) is 0 Å². The van der Waals surface area contributed by atoms with Crippen molar-refractivity contribution in [1.29, 1.82) is 0 Å². The molecule has 0 bridgehead atoms. The number of methoxy groups -OCH3 is 1. The number of benzene rings is 3. The van der Waals surface area contributed by atoms with Gasteiger partial charge in [0.15, 0.2) is 0 Å². The lowest BCUT2D eigenvalue weighted by molar-refractivity contribution is -0.255. The van der Waals surface area contributed by atoms with E-state index in [2.05, 4.69) is 0 Å². The summed E-state index contributed by atoms with van der Waals surface area (Å²) in [7, 11) is -2.29. The van der Waals surface area contributed by atoms with Gasteiger partial charge < -0.3 is 14.6 Å². The standard InChI is InChI=1S/C23H21NO5S2/c1-29-18-8-6-16(7-9-18)15-30-22-11-10-19(14-20(22)23(25)26)31(27,28)24-13-12-17-4-2-3-5-21(17)24/h2-11,14H,12-13,15H2,1H3,(H,25,26)/p-1. The van der Waals surface area contributed by atoms with Crippen molar-refractivity contribution in [3.05, 3.63) is 83.4 Å². The van der Waals surface area contributed by atoms with Crippen LogP contribution in [0.2, 0.25) is 0 Å². The van der Waals surface area contributed by atoms with Crippen molar-refractivity contribution < 1.29 is 23.1 Å². The predicted octanol–water partition coefficient (Wildman–Crippen LogP) is 3.10. The van der Waals surface area contributed by atoms with Gasteiger partial charge in [0, 0.05) is 22.8 Å². The number of fused-ring (bicyclic) bond motifs is 1. The molecule has 31 heavy (non-hydrogen) atoms. The third-order valence-electron chi connectivity index (χ3n) is 5.16. The number of carbonyl (C=O) groups is 1. The molecule has 0 N–H and O–H groups in total. The summed E-state index contributed by atoms with van der Waals surface area (Å²) in [4.78, 5) is 12.2. The molecule has 0 amide bonds. The molecule has 0 radical (unpaired) electrons. The number of thioether (sulfide) groups is 1. The number of hydrogen-bond acceptors (Lipinski definition) is 6. The Morgan fingerprint density at radius 3 is 2.55 bits per heavy atom. The molecule has 4 rings (SSSR count). The second kappa shape index (κ2) is 8.64. The molecule has 1 aliphatic rings. The van der Waals surface area contributed by atoms with E-state index in [-0.39, 0.29) is 10.5 Å². The summed E-state index contributed by atoms with van der Waals surface area (Å²) >= 11 is 1.31. The fraction of sp³-hybridized carbons (Fsp3) is 0.174. The number of anilines is 1. The maximum atomic E-state index is 13.2. The summed E-state index contributed by atoms with van der Waals surface area (Å²) < 4.78 is 32.9. The second-order valence-corrected chi connectivity index (χ2v) is 9.92. The maximum absolute atomic E-state index is 13.2. The molecule has 0 spiro atoms. The maximum Gasteiger partial charge on any atom is 0.264 e. The largest absolute Gasteiger partial charge is 0.545 e. The van der Waals surface area contributed by atoms with E-state index in [9.17, 15) is 18.3 Å². The average molecular weight is 455 g/mol. The van der Waals surface area contributed by atoms with Crippen molar-refractivity contribution in [3.63, 3.8) is 0 Å². The van der Waals surface area contributed by atoms with Crippen molar-refractivity contribution in [2.45, 2.75) is 22.0 Å². The van der Waals surface area contributed by atoms with E-state index >= 15 is 0 Å². The summed E-state index contributed by atoms with van der Waals surface area (Å²) in [5, 5.41) is 11.8. The van der Waals surface area contributed by atoms with Gasteiger partial charge in [0.05, 0.1) is 23.7 Å². The predicted molar refractivity (Wildman–Crippen MR) is 118 cm³/mol. The average Bonchev–Trinajstić information content (AvgIpc) is 3.23. The first-order valence-electron chi connectivity index (χ1n) is 9.62. The molecule has 0 saturated heterocycles. The van der Waals surface area contributed by atoms with Gasteiger partial charge in [-0.25, -0.2) is 8.42 Å². The smallest absolute Gasteiger partial charge is 0.264 e. The van der Waals surface area contributed by atoms with Crippen LogP contribution in [0.3, 0.4) is 0 Å². The number of ether oxygens (including phenoxy) is 1. The Bertz CT molecular complexity index is 1220. The van der Waals surface area contributed by atoms with Gasteiger partial charge in [-0.2, -0.15) is 0 Å². The summed E-state index contributed by atoms with van der Waals surface area (Å²) in [5.41, 5.74) is 2.45. The zero-order valence-electron chi connectivity index (χ0n) is 16.8. The normalized spacial score (nSPS) is 13.1. The number of rotatable bonds is 7. The van der Waals surface area contributed by atoms with Gasteiger partial charge in [0.25, 0.3) is 10.0 Å². The SMILES string of the molecule is COc1ccc(CSc2ccc(S(=O)(=O)N3CCc4ccccc43)cc2C(=O)[O-])cc1. The Morgan fingerprint density at radius 1 is 1.10 bits per heavy atom. The quantitative estimate of drug-likeness (QED) is 0.510. The van der Waals surface area contributed by atoms with Crippen LogP contribution >= 0.6 is 11.8 Å². The van der Waals surface area contributed by atoms with Crippen molar-refractivity contribution in [1.82, 2.24) is 0 Å². The highest BCUT2D eigenvalue weighted by molar-refractivity contribution is 7.98. The van der Waals surface area contributed by atoms with Crippen LogP contribution in [-0.4, -0.2) is 28.0 Å². The van der Waals surface area contributed by atoms with Crippen molar-refractivity contribution >= 4 is 33.4 Å². The molecule has 3 aromatic carbocycles. The van der Waals surface area contributed by atoms with Crippen molar-refractivity contribution in [2.24, 2.45) is 0 Å². The van der Waals surface area contributed by atoms with Gasteiger partial charge >= 0.3 is 0 Å². The van der Waals surface area contributed by atoms with Gasteiger partial charge in [0.2, 0.25) is 0 Å². The van der Waals surface area contributed by atoms with Crippen LogP contribution < -0.4 is 14.1 Å². The highest BCUT2D eigenvalue weighted by atomic mass is 32.2. The molecular formula is C23H20NO5S2-. The molecule has 0 saturated carbocycles. The highest BCUT2D eigenvalue weighted by Gasteiger charge is 2.31. The van der Waals surface area contributed by atoms with Gasteiger partial charge in [-0.05, 0) is 53.9 Å². The first-order valence-corrected chi connectivity index (χ1v) is 12.0. The van der Waals surface area contributed by atoms with E-state index in [0.717, 1.165) is 16.9 Å². The van der Waals surface area contributed by atoms with Crippen LogP contribution in [0.25, 0.3) is 0 Å². The zero-order chi connectivity index (χ0) is 22.0.